The van der Waals surface area contributed by atoms with Crippen LogP contribution in [0.2, 0.25) is 10.0 Å². The van der Waals surface area contributed by atoms with Gasteiger partial charge in [0.2, 0.25) is 0 Å². The molecule has 5 nitrogen and oxygen atoms in total. The van der Waals surface area contributed by atoms with Gasteiger partial charge >= 0.3 is 0 Å². The maximum atomic E-state index is 13.6. The van der Waals surface area contributed by atoms with E-state index in [1.54, 1.807) is 12.1 Å². The molecule has 7 heteroatoms. The van der Waals surface area contributed by atoms with Crippen molar-refractivity contribution in [3.05, 3.63) is 91.3 Å². The van der Waals surface area contributed by atoms with Crippen LogP contribution in [0.5, 0.6) is 0 Å². The lowest BCUT2D eigenvalue weighted by molar-refractivity contribution is -0.118. The molecule has 5 rings (SSSR count). The summed E-state index contributed by atoms with van der Waals surface area (Å²) in [6.45, 7) is 4.16. The number of ketones is 1. The predicted octanol–water partition coefficient (Wildman–Crippen LogP) is 5.67. The van der Waals surface area contributed by atoms with Gasteiger partial charge in [0.05, 0.1) is 21.3 Å². The van der Waals surface area contributed by atoms with Crippen LogP contribution in [0.25, 0.3) is 5.69 Å². The van der Waals surface area contributed by atoms with Gasteiger partial charge in [-0.15, -0.1) is 0 Å². The summed E-state index contributed by atoms with van der Waals surface area (Å²) in [4.78, 5) is 26.9. The molecule has 0 radical (unpaired) electrons. The first-order chi connectivity index (χ1) is 14.7. The first-order valence-electron chi connectivity index (χ1n) is 10.1. The Morgan fingerprint density at radius 3 is 2.45 bits per heavy atom. The number of fused-ring (bicyclic) bond motifs is 1. The van der Waals surface area contributed by atoms with Crippen LogP contribution >= 0.6 is 23.2 Å². The van der Waals surface area contributed by atoms with Crippen LogP contribution in [-0.4, -0.2) is 15.6 Å². The molecule has 1 aliphatic carbocycles. The van der Waals surface area contributed by atoms with Crippen LogP contribution in [0, 0.1) is 5.41 Å². The number of hydrogen-bond acceptors (Lipinski definition) is 3. The van der Waals surface area contributed by atoms with Crippen LogP contribution in [0.3, 0.4) is 0 Å². The summed E-state index contributed by atoms with van der Waals surface area (Å²) in [5, 5.41) is 7.40. The van der Waals surface area contributed by atoms with Crippen molar-refractivity contribution in [2.24, 2.45) is 5.41 Å². The molecule has 0 spiro atoms. The van der Waals surface area contributed by atoms with E-state index in [0.717, 1.165) is 16.9 Å². The van der Waals surface area contributed by atoms with Gasteiger partial charge in [0.15, 0.2) is 5.78 Å². The number of aromatic nitrogens is 2. The number of allylic oxidation sites excluding steroid dienone is 2. The molecule has 2 N–H and O–H groups in total. The van der Waals surface area contributed by atoms with E-state index in [9.17, 15) is 9.59 Å². The van der Waals surface area contributed by atoms with E-state index in [-0.39, 0.29) is 16.8 Å². The third kappa shape index (κ3) is 3.33. The van der Waals surface area contributed by atoms with Gasteiger partial charge < -0.3 is 5.32 Å². The Balaban J connectivity index is 1.76. The maximum absolute atomic E-state index is 13.6. The van der Waals surface area contributed by atoms with Gasteiger partial charge in [-0.25, -0.2) is 4.68 Å². The normalized spacial score (nSPS) is 19.6. The highest BCUT2D eigenvalue weighted by molar-refractivity contribution is 6.42. The van der Waals surface area contributed by atoms with Gasteiger partial charge in [-0.1, -0.05) is 61.3 Å². The first kappa shape index (κ1) is 20.2. The number of hydrogen-bond donors (Lipinski definition) is 2. The Labute approximate surface area is 189 Å². The summed E-state index contributed by atoms with van der Waals surface area (Å²) in [5.41, 5.74) is 3.14. The molecule has 1 aromatic heterocycles. The van der Waals surface area contributed by atoms with Crippen LogP contribution in [-0.2, 0) is 4.79 Å². The van der Waals surface area contributed by atoms with E-state index in [1.807, 2.05) is 36.4 Å². The molecule has 2 heterocycles. The summed E-state index contributed by atoms with van der Waals surface area (Å²) in [6.07, 6.45) is 1.14. The van der Waals surface area contributed by atoms with Crippen molar-refractivity contribution < 1.29 is 4.79 Å². The summed E-state index contributed by atoms with van der Waals surface area (Å²) in [5.74, 6) is 0.139. The summed E-state index contributed by atoms with van der Waals surface area (Å²) < 4.78 is 1.51. The molecule has 0 fully saturated rings. The minimum absolute atomic E-state index is 0.0485. The van der Waals surface area contributed by atoms with Crippen LogP contribution in [0.4, 0.5) is 5.82 Å². The van der Waals surface area contributed by atoms with Crippen LogP contribution in [0.15, 0.2) is 64.6 Å². The molecule has 1 atom stereocenters. The lowest BCUT2D eigenvalue weighted by Gasteiger charge is -2.37. The monoisotopic (exact) mass is 453 g/mol. The zero-order chi connectivity index (χ0) is 21.9. The van der Waals surface area contributed by atoms with Crippen molar-refractivity contribution in [1.82, 2.24) is 9.78 Å². The molecular formula is C24H21Cl2N3O2. The van der Waals surface area contributed by atoms with E-state index in [1.165, 1.54) is 4.68 Å². The molecule has 3 aromatic rings. The lowest BCUT2D eigenvalue weighted by Crippen LogP contribution is -2.35. The minimum Gasteiger partial charge on any atom is -0.343 e. The number of rotatable bonds is 2. The second-order valence-corrected chi connectivity index (χ2v) is 9.76. The average molecular weight is 454 g/mol. The van der Waals surface area contributed by atoms with E-state index >= 15 is 0 Å². The fraction of sp³-hybridized carbons (Fsp3) is 0.250. The first-order valence-corrected chi connectivity index (χ1v) is 10.9. The molecule has 1 unspecified atom stereocenters. The number of anilines is 1. The highest BCUT2D eigenvalue weighted by atomic mass is 35.5. The Morgan fingerprint density at radius 1 is 1.00 bits per heavy atom. The van der Waals surface area contributed by atoms with Gasteiger partial charge in [0, 0.05) is 23.6 Å². The number of Topliss-reactive ketones (excluding diaryl/α,β-unsaturated/α-hetero) is 1. The van der Waals surface area contributed by atoms with Crippen molar-refractivity contribution >= 4 is 34.8 Å². The summed E-state index contributed by atoms with van der Waals surface area (Å²) >= 11 is 12.5. The van der Waals surface area contributed by atoms with Gasteiger partial charge in [-0.05, 0) is 41.7 Å². The molecule has 158 valence electrons. The zero-order valence-electron chi connectivity index (χ0n) is 17.1. The standard InChI is InChI=1S/C24H21Cl2N3O2/c1-24(2)11-17-20(18(30)12-24)19(13-8-9-15(25)16(26)10-13)21-22(27-17)28-29(23(21)31)14-6-4-3-5-7-14/h3-10,19,27-28H,11-12H2,1-2H3. The average Bonchev–Trinajstić information content (AvgIpc) is 3.04. The van der Waals surface area contributed by atoms with Gasteiger partial charge in [-0.3, -0.25) is 14.7 Å². The van der Waals surface area contributed by atoms with E-state index in [4.69, 9.17) is 23.2 Å². The smallest absolute Gasteiger partial charge is 0.277 e. The Bertz CT molecular complexity index is 1300. The molecule has 1 aliphatic heterocycles. The second-order valence-electron chi connectivity index (χ2n) is 8.94. The van der Waals surface area contributed by atoms with Gasteiger partial charge in [0.25, 0.3) is 5.56 Å². The molecule has 0 saturated heterocycles. The zero-order valence-corrected chi connectivity index (χ0v) is 18.6. The third-order valence-electron chi connectivity index (χ3n) is 5.99. The van der Waals surface area contributed by atoms with Crippen LogP contribution in [0.1, 0.15) is 43.7 Å². The minimum atomic E-state index is -0.515. The number of carbonyl (C=O) groups excluding carboxylic acids is 1. The molecule has 0 saturated carbocycles. The summed E-state index contributed by atoms with van der Waals surface area (Å²) in [6, 6.07) is 14.7. The SMILES string of the molecule is CC1(C)CC(=O)C2=C(C1)Nc1[nH]n(-c3ccccc3)c(=O)c1C2c1ccc(Cl)c(Cl)c1. The van der Waals surface area contributed by atoms with Crippen molar-refractivity contribution in [3.8, 4) is 5.69 Å². The third-order valence-corrected chi connectivity index (χ3v) is 6.73. The molecule has 0 bridgehead atoms. The Morgan fingerprint density at radius 2 is 1.74 bits per heavy atom. The largest absolute Gasteiger partial charge is 0.343 e. The number of H-pyrrole nitrogens is 1. The fourth-order valence-electron chi connectivity index (χ4n) is 4.67. The molecule has 31 heavy (non-hydrogen) atoms. The number of benzene rings is 2. The van der Waals surface area contributed by atoms with E-state index in [2.05, 4.69) is 24.3 Å². The van der Waals surface area contributed by atoms with E-state index in [0.29, 0.717) is 39.8 Å². The summed E-state index contributed by atoms with van der Waals surface area (Å²) in [7, 11) is 0. The van der Waals surface area contributed by atoms with Crippen molar-refractivity contribution in [3.63, 3.8) is 0 Å². The topological polar surface area (TPSA) is 66.9 Å². The van der Waals surface area contributed by atoms with Crippen molar-refractivity contribution in [1.29, 1.82) is 0 Å². The van der Waals surface area contributed by atoms with Gasteiger partial charge in [-0.2, -0.15) is 0 Å². The molecule has 2 aromatic carbocycles. The number of halogens is 2. The molecule has 2 aliphatic rings. The molecule has 0 amide bonds. The Hall–Kier alpha value is -2.76. The van der Waals surface area contributed by atoms with Crippen molar-refractivity contribution in [2.75, 3.05) is 5.32 Å². The van der Waals surface area contributed by atoms with Crippen molar-refractivity contribution in [2.45, 2.75) is 32.6 Å². The number of aromatic amines is 1. The van der Waals surface area contributed by atoms with Crippen LogP contribution < -0.4 is 10.9 Å². The fourth-order valence-corrected chi connectivity index (χ4v) is 4.98. The number of para-hydroxylation sites is 1. The molecular weight excluding hydrogens is 433 g/mol. The van der Waals surface area contributed by atoms with E-state index < -0.39 is 5.92 Å². The maximum Gasteiger partial charge on any atom is 0.277 e. The predicted molar refractivity (Wildman–Crippen MR) is 123 cm³/mol. The number of nitrogens with zero attached hydrogens (tertiary/aromatic N) is 1. The lowest BCUT2D eigenvalue weighted by atomic mass is 9.69. The number of carbonyl (C=O) groups is 1. The quantitative estimate of drug-likeness (QED) is 0.524. The van der Waals surface area contributed by atoms with Gasteiger partial charge in [0.1, 0.15) is 5.82 Å². The highest BCUT2D eigenvalue weighted by Gasteiger charge is 2.43. The Kier molecular flexibility index (Phi) is 4.65. The number of nitrogens with one attached hydrogen (secondary N) is 2. The highest BCUT2D eigenvalue weighted by Crippen LogP contribution is 2.48. The second kappa shape index (κ2) is 7.14.